The zero-order valence-corrected chi connectivity index (χ0v) is 14.5. The van der Waals surface area contributed by atoms with Crippen LogP contribution in [-0.2, 0) is 4.74 Å². The fourth-order valence-corrected chi connectivity index (χ4v) is 2.53. The van der Waals surface area contributed by atoms with Crippen LogP contribution in [0.1, 0.15) is 0 Å². The average molecular weight is 378 g/mol. The highest BCUT2D eigenvalue weighted by molar-refractivity contribution is 5.89. The molecule has 0 aliphatic carbocycles. The molecule has 0 bridgehead atoms. The Morgan fingerprint density at radius 1 is 1.15 bits per heavy atom. The molecule has 0 atom stereocenters. The van der Waals surface area contributed by atoms with Crippen LogP contribution in [0.25, 0.3) is 0 Å². The molecular formula is C17H20F2N6O2. The number of nitrogens with one attached hydrogen (secondary N) is 3. The molecule has 3 N–H and O–H groups in total. The van der Waals surface area contributed by atoms with Crippen molar-refractivity contribution in [2.45, 2.75) is 0 Å². The number of rotatable bonds is 6. The van der Waals surface area contributed by atoms with Crippen LogP contribution in [0.4, 0.5) is 30.9 Å². The van der Waals surface area contributed by atoms with Crippen molar-refractivity contribution in [2.75, 3.05) is 54.9 Å². The third kappa shape index (κ3) is 5.48. The molecule has 27 heavy (non-hydrogen) atoms. The second kappa shape index (κ2) is 9.08. The molecule has 2 amide bonds. The number of morpholine rings is 1. The maximum absolute atomic E-state index is 13.5. The van der Waals surface area contributed by atoms with E-state index in [9.17, 15) is 13.6 Å². The highest BCUT2D eigenvalue weighted by Gasteiger charge is 2.13. The van der Waals surface area contributed by atoms with Crippen LogP contribution in [0.5, 0.6) is 0 Å². The molecule has 10 heteroatoms. The van der Waals surface area contributed by atoms with Gasteiger partial charge in [-0.1, -0.05) is 0 Å². The van der Waals surface area contributed by atoms with Gasteiger partial charge in [0.1, 0.15) is 29.6 Å². The molecule has 1 aromatic carbocycles. The van der Waals surface area contributed by atoms with Crippen LogP contribution in [0.2, 0.25) is 0 Å². The van der Waals surface area contributed by atoms with E-state index >= 15 is 0 Å². The van der Waals surface area contributed by atoms with Crippen molar-refractivity contribution in [3.05, 3.63) is 42.2 Å². The molecular weight excluding hydrogens is 358 g/mol. The summed E-state index contributed by atoms with van der Waals surface area (Å²) in [5.74, 6) is -0.0876. The van der Waals surface area contributed by atoms with Crippen molar-refractivity contribution in [1.29, 1.82) is 0 Å². The number of urea groups is 1. The summed E-state index contributed by atoms with van der Waals surface area (Å²) in [6.07, 6.45) is 1.48. The van der Waals surface area contributed by atoms with E-state index in [1.165, 1.54) is 6.33 Å². The van der Waals surface area contributed by atoms with E-state index in [1.54, 1.807) is 0 Å². The van der Waals surface area contributed by atoms with Gasteiger partial charge < -0.3 is 25.6 Å². The average Bonchev–Trinajstić information content (AvgIpc) is 2.68. The van der Waals surface area contributed by atoms with E-state index in [-0.39, 0.29) is 12.2 Å². The summed E-state index contributed by atoms with van der Waals surface area (Å²) in [7, 11) is 0. The van der Waals surface area contributed by atoms with E-state index in [0.29, 0.717) is 31.6 Å². The maximum Gasteiger partial charge on any atom is 0.319 e. The molecule has 0 unspecified atom stereocenters. The number of aromatic nitrogens is 2. The maximum atomic E-state index is 13.5. The molecule has 144 valence electrons. The van der Waals surface area contributed by atoms with Crippen molar-refractivity contribution >= 4 is 23.4 Å². The van der Waals surface area contributed by atoms with Gasteiger partial charge >= 0.3 is 6.03 Å². The summed E-state index contributed by atoms with van der Waals surface area (Å²) in [4.78, 5) is 22.3. The summed E-state index contributed by atoms with van der Waals surface area (Å²) >= 11 is 0. The molecule has 0 radical (unpaired) electrons. The standard InChI is InChI=1S/C17H20F2N6O2/c18-12-1-2-14(13(19)9-12)24-17(26)21-4-3-20-15-10-16(23-11-22-15)25-5-7-27-8-6-25/h1-2,9-11H,3-8H2,(H,20,22,23)(H2,21,24,26). The van der Waals surface area contributed by atoms with Crippen molar-refractivity contribution in [3.8, 4) is 0 Å². The van der Waals surface area contributed by atoms with Gasteiger partial charge in [0.15, 0.2) is 0 Å². The zero-order chi connectivity index (χ0) is 19.1. The normalized spacial score (nSPS) is 13.9. The smallest absolute Gasteiger partial charge is 0.319 e. The highest BCUT2D eigenvalue weighted by Crippen LogP contribution is 2.15. The fourth-order valence-electron chi connectivity index (χ4n) is 2.53. The van der Waals surface area contributed by atoms with Gasteiger partial charge in [-0.25, -0.2) is 23.5 Å². The molecule has 0 spiro atoms. The molecule has 1 aromatic heterocycles. The summed E-state index contributed by atoms with van der Waals surface area (Å²) in [6.45, 7) is 3.58. The van der Waals surface area contributed by atoms with Gasteiger partial charge in [-0.15, -0.1) is 0 Å². The Morgan fingerprint density at radius 3 is 2.74 bits per heavy atom. The Morgan fingerprint density at radius 2 is 1.96 bits per heavy atom. The van der Waals surface area contributed by atoms with Gasteiger partial charge in [-0.2, -0.15) is 0 Å². The summed E-state index contributed by atoms with van der Waals surface area (Å²) in [5.41, 5.74) is -0.0900. The Kier molecular flexibility index (Phi) is 6.31. The number of nitrogens with zero attached hydrogens (tertiary/aromatic N) is 3. The van der Waals surface area contributed by atoms with Gasteiger partial charge in [0.2, 0.25) is 0 Å². The first-order valence-corrected chi connectivity index (χ1v) is 8.50. The molecule has 2 heterocycles. The summed E-state index contributed by atoms with van der Waals surface area (Å²) < 4.78 is 31.7. The predicted molar refractivity (Wildman–Crippen MR) is 96.9 cm³/mol. The van der Waals surface area contributed by atoms with Crippen LogP contribution in [0.15, 0.2) is 30.6 Å². The monoisotopic (exact) mass is 378 g/mol. The first-order valence-electron chi connectivity index (χ1n) is 8.50. The van der Waals surface area contributed by atoms with Crippen LogP contribution in [0.3, 0.4) is 0 Å². The summed E-state index contributed by atoms with van der Waals surface area (Å²) in [6, 6.07) is 4.19. The number of carbonyl (C=O) groups excluding carboxylic acids is 1. The predicted octanol–water partition coefficient (Wildman–Crippen LogP) is 1.82. The zero-order valence-electron chi connectivity index (χ0n) is 14.5. The van der Waals surface area contributed by atoms with E-state index in [2.05, 4.69) is 30.8 Å². The topological polar surface area (TPSA) is 91.4 Å². The van der Waals surface area contributed by atoms with E-state index in [4.69, 9.17) is 4.74 Å². The fraction of sp³-hybridized carbons (Fsp3) is 0.353. The minimum absolute atomic E-state index is 0.0900. The number of amides is 2. The number of hydrogen-bond acceptors (Lipinski definition) is 6. The Labute approximate surface area is 154 Å². The highest BCUT2D eigenvalue weighted by atomic mass is 19.1. The lowest BCUT2D eigenvalue weighted by molar-refractivity contribution is 0.122. The van der Waals surface area contributed by atoms with Crippen molar-refractivity contribution in [2.24, 2.45) is 0 Å². The Balaban J connectivity index is 1.42. The van der Waals surface area contributed by atoms with Crippen LogP contribution >= 0.6 is 0 Å². The molecule has 3 rings (SSSR count). The SMILES string of the molecule is O=C(NCCNc1cc(N2CCOCC2)ncn1)Nc1ccc(F)cc1F. The lowest BCUT2D eigenvalue weighted by Crippen LogP contribution is -2.36. The van der Waals surface area contributed by atoms with Crippen LogP contribution in [0, 0.1) is 11.6 Å². The number of ether oxygens (including phenoxy) is 1. The van der Waals surface area contributed by atoms with Gasteiger partial charge in [0.25, 0.3) is 0 Å². The third-order valence-electron chi connectivity index (χ3n) is 3.88. The van der Waals surface area contributed by atoms with Crippen LogP contribution in [-0.4, -0.2) is 55.4 Å². The minimum atomic E-state index is -0.833. The quantitative estimate of drug-likeness (QED) is 0.665. The number of anilines is 3. The Hall–Kier alpha value is -3.01. The number of carbonyl (C=O) groups is 1. The van der Waals surface area contributed by atoms with Crippen molar-refractivity contribution in [1.82, 2.24) is 15.3 Å². The first kappa shape index (κ1) is 18.8. The van der Waals surface area contributed by atoms with Gasteiger partial charge in [0, 0.05) is 38.3 Å². The number of hydrogen-bond donors (Lipinski definition) is 3. The number of benzene rings is 1. The van der Waals surface area contributed by atoms with E-state index in [1.807, 2.05) is 6.07 Å². The minimum Gasteiger partial charge on any atom is -0.378 e. The lowest BCUT2D eigenvalue weighted by Gasteiger charge is -2.27. The van der Waals surface area contributed by atoms with Gasteiger partial charge in [-0.3, -0.25) is 0 Å². The second-order valence-electron chi connectivity index (χ2n) is 5.79. The third-order valence-corrected chi connectivity index (χ3v) is 3.88. The van der Waals surface area contributed by atoms with Gasteiger partial charge in [0.05, 0.1) is 18.9 Å². The van der Waals surface area contributed by atoms with E-state index in [0.717, 1.165) is 31.0 Å². The summed E-state index contributed by atoms with van der Waals surface area (Å²) in [5, 5.41) is 7.99. The molecule has 1 saturated heterocycles. The van der Waals surface area contributed by atoms with Crippen LogP contribution < -0.4 is 20.9 Å². The molecule has 1 aliphatic rings. The largest absolute Gasteiger partial charge is 0.378 e. The molecule has 8 nitrogen and oxygen atoms in total. The van der Waals surface area contributed by atoms with Gasteiger partial charge in [-0.05, 0) is 12.1 Å². The van der Waals surface area contributed by atoms with Crippen molar-refractivity contribution in [3.63, 3.8) is 0 Å². The van der Waals surface area contributed by atoms with Crippen molar-refractivity contribution < 1.29 is 18.3 Å². The molecule has 1 fully saturated rings. The molecule has 0 saturated carbocycles. The Bertz CT molecular complexity index is 786. The molecule has 1 aliphatic heterocycles. The van der Waals surface area contributed by atoms with E-state index < -0.39 is 17.7 Å². The second-order valence-corrected chi connectivity index (χ2v) is 5.79. The molecule has 2 aromatic rings. The first-order chi connectivity index (χ1) is 13.1. The lowest BCUT2D eigenvalue weighted by atomic mass is 10.3. The number of halogens is 2.